The molecule has 1 unspecified atom stereocenters. The summed E-state index contributed by atoms with van der Waals surface area (Å²) >= 11 is 0. The number of hydrogen-bond acceptors (Lipinski definition) is 8. The van der Waals surface area contributed by atoms with Crippen LogP contribution in [-0.4, -0.2) is 66.5 Å². The van der Waals surface area contributed by atoms with Crippen molar-refractivity contribution in [3.05, 3.63) is 28.5 Å². The lowest BCUT2D eigenvalue weighted by molar-refractivity contribution is 0.245. The van der Waals surface area contributed by atoms with Gasteiger partial charge in [-0.3, -0.25) is 0 Å². The fourth-order valence-corrected chi connectivity index (χ4v) is 6.05. The van der Waals surface area contributed by atoms with Gasteiger partial charge in [0.2, 0.25) is 10.0 Å². The maximum absolute atomic E-state index is 13.2. The topological polar surface area (TPSA) is 104 Å². The summed E-state index contributed by atoms with van der Waals surface area (Å²) in [5.41, 5.74) is 2.18. The van der Waals surface area contributed by atoms with Crippen molar-refractivity contribution in [3.8, 4) is 0 Å². The fraction of sp³-hybridized carbons (Fsp3) is 0.632. The summed E-state index contributed by atoms with van der Waals surface area (Å²) in [5, 5.41) is 6.96. The first-order chi connectivity index (χ1) is 13.8. The number of likely N-dealkylation sites (N-methyl/N-ethyl adjacent to an activating group) is 1. The number of aryl methyl sites for hydroxylation is 2. The zero-order valence-corrected chi connectivity index (χ0v) is 18.2. The number of nitrogens with one attached hydrogen (secondary N) is 1. The van der Waals surface area contributed by atoms with Crippen LogP contribution in [0.5, 0.6) is 0 Å². The molecule has 1 saturated heterocycles. The third-order valence-corrected chi connectivity index (χ3v) is 7.92. The van der Waals surface area contributed by atoms with E-state index in [2.05, 4.69) is 22.4 Å². The second-order valence-electron chi connectivity index (χ2n) is 7.95. The van der Waals surface area contributed by atoms with E-state index in [1.807, 2.05) is 7.05 Å². The van der Waals surface area contributed by atoms with Crippen molar-refractivity contribution in [2.75, 3.05) is 39.0 Å². The van der Waals surface area contributed by atoms with Crippen LogP contribution in [0.15, 0.2) is 9.42 Å². The van der Waals surface area contributed by atoms with Crippen LogP contribution in [0.3, 0.4) is 0 Å². The van der Waals surface area contributed by atoms with Crippen LogP contribution >= 0.6 is 0 Å². The van der Waals surface area contributed by atoms with Gasteiger partial charge < -0.3 is 14.7 Å². The average Bonchev–Trinajstić information content (AvgIpc) is 3.05. The molecule has 10 heteroatoms. The molecule has 158 valence electrons. The SMILES string of the molecule is CNc1nc(C2CCCN(C)C2)nc2c1CN(S(=O)(=O)c1c(C)noc1C)CC2. The number of aromatic nitrogens is 3. The molecule has 2 aromatic heterocycles. The fourth-order valence-electron chi connectivity index (χ4n) is 4.35. The molecule has 1 N–H and O–H groups in total. The van der Waals surface area contributed by atoms with Crippen molar-refractivity contribution in [3.63, 3.8) is 0 Å². The Morgan fingerprint density at radius 1 is 1.21 bits per heavy atom. The molecule has 0 bridgehead atoms. The molecule has 29 heavy (non-hydrogen) atoms. The van der Waals surface area contributed by atoms with Crippen LogP contribution < -0.4 is 5.32 Å². The normalized spacial score (nSPS) is 21.2. The number of anilines is 1. The number of piperidine rings is 1. The average molecular weight is 421 g/mol. The van der Waals surface area contributed by atoms with Crippen molar-refractivity contribution in [1.82, 2.24) is 24.3 Å². The summed E-state index contributed by atoms with van der Waals surface area (Å²) in [4.78, 5) is 12.1. The lowest BCUT2D eigenvalue weighted by Gasteiger charge is -2.31. The van der Waals surface area contributed by atoms with Gasteiger partial charge in [0, 0.05) is 44.6 Å². The Morgan fingerprint density at radius 3 is 2.66 bits per heavy atom. The molecule has 0 aromatic carbocycles. The van der Waals surface area contributed by atoms with Crippen LogP contribution in [0, 0.1) is 13.8 Å². The van der Waals surface area contributed by atoms with E-state index in [9.17, 15) is 8.42 Å². The highest BCUT2D eigenvalue weighted by molar-refractivity contribution is 7.89. The van der Waals surface area contributed by atoms with E-state index in [-0.39, 0.29) is 11.4 Å². The van der Waals surface area contributed by atoms with E-state index >= 15 is 0 Å². The Labute approximate surface area is 171 Å². The van der Waals surface area contributed by atoms with E-state index in [0.717, 1.165) is 48.8 Å². The number of nitrogens with zero attached hydrogens (tertiary/aromatic N) is 5. The quantitative estimate of drug-likeness (QED) is 0.797. The molecule has 2 aliphatic heterocycles. The first-order valence-corrected chi connectivity index (χ1v) is 11.4. The number of hydrogen-bond donors (Lipinski definition) is 1. The predicted molar refractivity (Wildman–Crippen MR) is 108 cm³/mol. The van der Waals surface area contributed by atoms with Crippen LogP contribution in [0.2, 0.25) is 0 Å². The highest BCUT2D eigenvalue weighted by atomic mass is 32.2. The number of likely N-dealkylation sites (tertiary alicyclic amines) is 1. The Hall–Kier alpha value is -2.04. The zero-order valence-electron chi connectivity index (χ0n) is 17.4. The first-order valence-electron chi connectivity index (χ1n) is 10.00. The lowest BCUT2D eigenvalue weighted by atomic mass is 9.97. The summed E-state index contributed by atoms with van der Waals surface area (Å²) in [6, 6.07) is 0. The minimum Gasteiger partial charge on any atom is -0.373 e. The monoisotopic (exact) mass is 420 g/mol. The highest BCUT2D eigenvalue weighted by Gasteiger charge is 2.35. The van der Waals surface area contributed by atoms with Gasteiger partial charge in [-0.15, -0.1) is 0 Å². The minimum absolute atomic E-state index is 0.162. The van der Waals surface area contributed by atoms with Crippen molar-refractivity contribution < 1.29 is 12.9 Å². The summed E-state index contributed by atoms with van der Waals surface area (Å²) in [7, 11) is 0.248. The third kappa shape index (κ3) is 3.64. The Kier molecular flexibility index (Phi) is 5.34. The molecular weight excluding hydrogens is 392 g/mol. The summed E-state index contributed by atoms with van der Waals surface area (Å²) in [5.74, 6) is 2.21. The van der Waals surface area contributed by atoms with Gasteiger partial charge in [-0.25, -0.2) is 18.4 Å². The van der Waals surface area contributed by atoms with Gasteiger partial charge in [0.15, 0.2) is 5.76 Å². The molecule has 9 nitrogen and oxygen atoms in total. The smallest absolute Gasteiger partial charge is 0.248 e. The van der Waals surface area contributed by atoms with Crippen molar-refractivity contribution in [1.29, 1.82) is 0 Å². The van der Waals surface area contributed by atoms with E-state index in [4.69, 9.17) is 14.5 Å². The van der Waals surface area contributed by atoms with E-state index in [0.29, 0.717) is 30.3 Å². The van der Waals surface area contributed by atoms with Gasteiger partial charge in [0.1, 0.15) is 22.2 Å². The molecule has 4 heterocycles. The molecule has 4 rings (SSSR count). The van der Waals surface area contributed by atoms with Crippen molar-refractivity contribution >= 4 is 15.8 Å². The van der Waals surface area contributed by atoms with Crippen LogP contribution in [0.1, 0.15) is 47.3 Å². The highest BCUT2D eigenvalue weighted by Crippen LogP contribution is 2.32. The molecule has 2 aliphatic rings. The first kappa shape index (κ1) is 20.2. The van der Waals surface area contributed by atoms with Gasteiger partial charge in [-0.2, -0.15) is 4.31 Å². The Balaban J connectivity index is 1.66. The standard InChI is InChI=1S/C19H28N6O3S/c1-12-17(13(2)28-23-12)29(26,27)25-9-7-16-15(11-25)19(20-3)22-18(21-16)14-6-5-8-24(4)10-14/h14H,5-11H2,1-4H3,(H,20,21,22). The largest absolute Gasteiger partial charge is 0.373 e. The molecule has 1 atom stereocenters. The Bertz CT molecular complexity index is 982. The predicted octanol–water partition coefficient (Wildman–Crippen LogP) is 1.68. The van der Waals surface area contributed by atoms with Crippen LogP contribution in [-0.2, 0) is 23.0 Å². The number of fused-ring (bicyclic) bond motifs is 1. The lowest BCUT2D eigenvalue weighted by Crippen LogP contribution is -2.38. The molecule has 1 fully saturated rings. The van der Waals surface area contributed by atoms with Crippen molar-refractivity contribution in [2.45, 2.75) is 50.5 Å². The van der Waals surface area contributed by atoms with Crippen LogP contribution in [0.25, 0.3) is 0 Å². The number of sulfonamides is 1. The minimum atomic E-state index is -3.70. The zero-order chi connectivity index (χ0) is 20.8. The van der Waals surface area contributed by atoms with E-state index in [1.165, 1.54) is 4.31 Å². The third-order valence-electron chi connectivity index (χ3n) is 5.83. The summed E-state index contributed by atoms with van der Waals surface area (Å²) in [6.07, 6.45) is 2.78. The molecule has 2 aromatic rings. The second kappa shape index (κ2) is 7.66. The molecule has 0 saturated carbocycles. The molecule has 0 spiro atoms. The molecule has 0 amide bonds. The molecule has 0 radical (unpaired) electrons. The van der Waals surface area contributed by atoms with Gasteiger partial charge >= 0.3 is 0 Å². The van der Waals surface area contributed by atoms with E-state index in [1.54, 1.807) is 13.8 Å². The van der Waals surface area contributed by atoms with Gasteiger partial charge in [0.25, 0.3) is 0 Å². The Morgan fingerprint density at radius 2 is 2.00 bits per heavy atom. The molecule has 0 aliphatic carbocycles. The summed E-state index contributed by atoms with van der Waals surface area (Å²) < 4.78 is 33.0. The maximum atomic E-state index is 13.2. The molecular formula is C19H28N6O3S. The second-order valence-corrected chi connectivity index (χ2v) is 9.82. The van der Waals surface area contributed by atoms with Gasteiger partial charge in [-0.05, 0) is 40.3 Å². The van der Waals surface area contributed by atoms with Gasteiger partial charge in [0.05, 0.1) is 5.69 Å². The van der Waals surface area contributed by atoms with Crippen LogP contribution in [0.4, 0.5) is 5.82 Å². The van der Waals surface area contributed by atoms with E-state index < -0.39 is 10.0 Å². The maximum Gasteiger partial charge on any atom is 0.248 e. The number of rotatable bonds is 4. The summed E-state index contributed by atoms with van der Waals surface area (Å²) in [6.45, 7) is 5.95. The van der Waals surface area contributed by atoms with Crippen molar-refractivity contribution in [2.24, 2.45) is 0 Å². The van der Waals surface area contributed by atoms with Gasteiger partial charge in [-0.1, -0.05) is 5.16 Å².